The lowest BCUT2D eigenvalue weighted by molar-refractivity contribution is -0.122. The van der Waals surface area contributed by atoms with Crippen molar-refractivity contribution >= 4 is 5.57 Å². The Kier molecular flexibility index (Phi) is 2.96. The van der Waals surface area contributed by atoms with Crippen LogP contribution in [0.2, 0.25) is 0 Å². The van der Waals surface area contributed by atoms with Crippen molar-refractivity contribution < 1.29 is 4.84 Å². The maximum atomic E-state index is 5.16. The lowest BCUT2D eigenvalue weighted by Gasteiger charge is -2.23. The Morgan fingerprint density at radius 3 is 2.57 bits per heavy atom. The van der Waals surface area contributed by atoms with Gasteiger partial charge in [-0.15, -0.1) is 0 Å². The highest BCUT2D eigenvalue weighted by atomic mass is 16.7. The lowest BCUT2D eigenvalue weighted by atomic mass is 10.0. The summed E-state index contributed by atoms with van der Waals surface area (Å²) in [4.78, 5) is 5.16. The quantitative estimate of drug-likeness (QED) is 0.708. The van der Waals surface area contributed by atoms with Crippen molar-refractivity contribution in [2.24, 2.45) is 0 Å². The first-order chi connectivity index (χ1) is 6.90. The summed E-state index contributed by atoms with van der Waals surface area (Å²) >= 11 is 0. The standard InChI is InChI=1S/C12H15NO/c1-14-13-9-7-12(8-10-13)11-5-3-2-4-6-11/h2-7H,8-10H2,1H3. The van der Waals surface area contributed by atoms with Gasteiger partial charge in [0.1, 0.15) is 0 Å². The molecule has 0 atom stereocenters. The molecule has 2 heteroatoms. The van der Waals surface area contributed by atoms with Crippen molar-refractivity contribution in [1.82, 2.24) is 5.06 Å². The fourth-order valence-electron chi connectivity index (χ4n) is 1.73. The van der Waals surface area contributed by atoms with Crippen LogP contribution >= 0.6 is 0 Å². The molecule has 1 aromatic rings. The zero-order valence-corrected chi connectivity index (χ0v) is 8.44. The molecule has 1 aromatic carbocycles. The Balaban J connectivity index is 2.11. The molecule has 1 aliphatic rings. The van der Waals surface area contributed by atoms with Gasteiger partial charge in [-0.05, 0) is 17.6 Å². The van der Waals surface area contributed by atoms with Crippen molar-refractivity contribution in [3.8, 4) is 0 Å². The van der Waals surface area contributed by atoms with Crippen molar-refractivity contribution in [3.05, 3.63) is 42.0 Å². The van der Waals surface area contributed by atoms with E-state index < -0.39 is 0 Å². The molecule has 74 valence electrons. The number of benzene rings is 1. The Bertz CT molecular complexity index is 318. The van der Waals surface area contributed by atoms with Crippen LogP contribution in [0.5, 0.6) is 0 Å². The fourth-order valence-corrected chi connectivity index (χ4v) is 1.73. The van der Waals surface area contributed by atoms with Gasteiger partial charge in [0.2, 0.25) is 0 Å². The first-order valence-electron chi connectivity index (χ1n) is 4.93. The molecule has 0 spiro atoms. The van der Waals surface area contributed by atoms with Crippen LogP contribution in [-0.2, 0) is 4.84 Å². The molecule has 0 fully saturated rings. The molecule has 0 unspecified atom stereocenters. The van der Waals surface area contributed by atoms with Gasteiger partial charge in [0, 0.05) is 13.1 Å². The summed E-state index contributed by atoms with van der Waals surface area (Å²) in [5, 5.41) is 1.96. The van der Waals surface area contributed by atoms with E-state index in [1.54, 1.807) is 7.11 Å². The summed E-state index contributed by atoms with van der Waals surface area (Å²) in [6.07, 6.45) is 3.31. The van der Waals surface area contributed by atoms with Gasteiger partial charge in [0.15, 0.2) is 0 Å². The zero-order valence-electron chi connectivity index (χ0n) is 8.44. The molecule has 0 amide bonds. The third-order valence-electron chi connectivity index (χ3n) is 2.57. The number of nitrogens with zero attached hydrogens (tertiary/aromatic N) is 1. The maximum absolute atomic E-state index is 5.16. The molecule has 2 nitrogen and oxygen atoms in total. The minimum absolute atomic E-state index is 0.890. The summed E-state index contributed by atoms with van der Waals surface area (Å²) in [5.41, 5.74) is 2.77. The zero-order chi connectivity index (χ0) is 9.80. The molecule has 0 saturated heterocycles. The predicted molar refractivity (Wildman–Crippen MR) is 57.6 cm³/mol. The second kappa shape index (κ2) is 4.40. The van der Waals surface area contributed by atoms with Crippen molar-refractivity contribution in [2.45, 2.75) is 6.42 Å². The number of hydrogen-bond acceptors (Lipinski definition) is 2. The lowest BCUT2D eigenvalue weighted by Crippen LogP contribution is -2.27. The van der Waals surface area contributed by atoms with Gasteiger partial charge in [0.05, 0.1) is 7.11 Å². The molecule has 14 heavy (non-hydrogen) atoms. The van der Waals surface area contributed by atoms with Gasteiger partial charge in [-0.1, -0.05) is 36.4 Å². The Morgan fingerprint density at radius 1 is 1.21 bits per heavy atom. The van der Waals surface area contributed by atoms with Crippen molar-refractivity contribution in [3.63, 3.8) is 0 Å². The van der Waals surface area contributed by atoms with Crippen molar-refractivity contribution in [2.75, 3.05) is 20.2 Å². The molecule has 0 saturated carbocycles. The second-order valence-electron chi connectivity index (χ2n) is 3.42. The number of hydrogen-bond donors (Lipinski definition) is 0. The smallest absolute Gasteiger partial charge is 0.0575 e. The van der Waals surface area contributed by atoms with Crippen LogP contribution in [0, 0.1) is 0 Å². The molecule has 0 bridgehead atoms. The molecule has 0 aliphatic carbocycles. The van der Waals surface area contributed by atoms with Gasteiger partial charge in [-0.25, -0.2) is 0 Å². The molecular weight excluding hydrogens is 174 g/mol. The topological polar surface area (TPSA) is 12.5 Å². The normalized spacial score (nSPS) is 17.9. The van der Waals surface area contributed by atoms with E-state index in [1.165, 1.54) is 11.1 Å². The van der Waals surface area contributed by atoms with Gasteiger partial charge in [-0.2, -0.15) is 5.06 Å². The Labute approximate surface area is 84.8 Å². The van der Waals surface area contributed by atoms with Crippen LogP contribution in [0.15, 0.2) is 36.4 Å². The molecule has 1 heterocycles. The fraction of sp³-hybridized carbons (Fsp3) is 0.333. The predicted octanol–water partition coefficient (Wildman–Crippen LogP) is 2.34. The third-order valence-corrected chi connectivity index (χ3v) is 2.57. The van der Waals surface area contributed by atoms with E-state index in [0.29, 0.717) is 0 Å². The SMILES string of the molecule is CON1CC=C(c2ccccc2)CC1. The Hall–Kier alpha value is -1.12. The summed E-state index contributed by atoms with van der Waals surface area (Å²) in [5.74, 6) is 0. The van der Waals surface area contributed by atoms with Gasteiger partial charge in [0.25, 0.3) is 0 Å². The largest absolute Gasteiger partial charge is 0.302 e. The summed E-state index contributed by atoms with van der Waals surface area (Å²) < 4.78 is 0. The van der Waals surface area contributed by atoms with Crippen LogP contribution in [0.25, 0.3) is 5.57 Å². The molecular formula is C12H15NO. The van der Waals surface area contributed by atoms with Crippen LogP contribution in [-0.4, -0.2) is 25.3 Å². The van der Waals surface area contributed by atoms with E-state index in [2.05, 4.69) is 30.3 Å². The van der Waals surface area contributed by atoms with Gasteiger partial charge < -0.3 is 4.84 Å². The number of rotatable bonds is 2. The monoisotopic (exact) mass is 189 g/mol. The third kappa shape index (κ3) is 2.03. The Morgan fingerprint density at radius 2 is 2.00 bits per heavy atom. The summed E-state index contributed by atoms with van der Waals surface area (Å²) in [6, 6.07) is 10.5. The highest BCUT2D eigenvalue weighted by Gasteiger charge is 2.11. The number of hydroxylamine groups is 2. The highest BCUT2D eigenvalue weighted by molar-refractivity contribution is 5.66. The first kappa shape index (κ1) is 9.44. The van der Waals surface area contributed by atoms with E-state index in [1.807, 2.05) is 11.1 Å². The molecule has 2 rings (SSSR count). The van der Waals surface area contributed by atoms with Crippen LogP contribution in [0.3, 0.4) is 0 Å². The second-order valence-corrected chi connectivity index (χ2v) is 3.42. The maximum Gasteiger partial charge on any atom is 0.0575 e. The minimum atomic E-state index is 0.890. The molecule has 0 N–H and O–H groups in total. The van der Waals surface area contributed by atoms with Crippen LogP contribution in [0.4, 0.5) is 0 Å². The molecule has 1 aliphatic heterocycles. The van der Waals surface area contributed by atoms with E-state index in [0.717, 1.165) is 19.5 Å². The van der Waals surface area contributed by atoms with Crippen molar-refractivity contribution in [1.29, 1.82) is 0 Å². The van der Waals surface area contributed by atoms with Crippen LogP contribution < -0.4 is 0 Å². The highest BCUT2D eigenvalue weighted by Crippen LogP contribution is 2.21. The van der Waals surface area contributed by atoms with Crippen LogP contribution in [0.1, 0.15) is 12.0 Å². The molecule has 0 radical (unpaired) electrons. The minimum Gasteiger partial charge on any atom is -0.302 e. The first-order valence-corrected chi connectivity index (χ1v) is 4.93. The van der Waals surface area contributed by atoms with E-state index in [-0.39, 0.29) is 0 Å². The summed E-state index contributed by atoms with van der Waals surface area (Å²) in [7, 11) is 1.72. The van der Waals surface area contributed by atoms with Gasteiger partial charge in [-0.3, -0.25) is 0 Å². The summed E-state index contributed by atoms with van der Waals surface area (Å²) in [6.45, 7) is 1.87. The van der Waals surface area contributed by atoms with Gasteiger partial charge >= 0.3 is 0 Å². The molecule has 0 aromatic heterocycles. The van der Waals surface area contributed by atoms with E-state index in [9.17, 15) is 0 Å². The van der Waals surface area contributed by atoms with E-state index >= 15 is 0 Å². The average molecular weight is 189 g/mol. The van der Waals surface area contributed by atoms with E-state index in [4.69, 9.17) is 4.84 Å². The average Bonchev–Trinajstić information content (AvgIpc) is 2.30.